The number of nitrogens with one attached hydrogen (secondary N) is 1. The number of halogens is 2. The van der Waals surface area contributed by atoms with Crippen LogP contribution in [0.5, 0.6) is 11.5 Å². The van der Waals surface area contributed by atoms with Gasteiger partial charge >= 0.3 is 0 Å². The number of allylic oxidation sites excluding steroid dienone is 1. The highest BCUT2D eigenvalue weighted by molar-refractivity contribution is 7.07. The highest BCUT2D eigenvalue weighted by Crippen LogP contribution is 2.32. The van der Waals surface area contributed by atoms with Crippen LogP contribution < -0.4 is 29.7 Å². The van der Waals surface area contributed by atoms with E-state index in [0.29, 0.717) is 54.4 Å². The van der Waals surface area contributed by atoms with Crippen LogP contribution in [-0.4, -0.2) is 17.6 Å². The van der Waals surface area contributed by atoms with Gasteiger partial charge in [-0.2, -0.15) is 0 Å². The van der Waals surface area contributed by atoms with Crippen LogP contribution in [0.4, 0.5) is 5.69 Å². The van der Waals surface area contributed by atoms with E-state index < -0.39 is 6.04 Å². The maximum atomic E-state index is 14.1. The Morgan fingerprint density at radius 1 is 0.956 bits per heavy atom. The van der Waals surface area contributed by atoms with Gasteiger partial charge in [-0.1, -0.05) is 83.1 Å². The molecule has 10 heteroatoms. The van der Waals surface area contributed by atoms with Gasteiger partial charge < -0.3 is 14.8 Å². The average molecular weight is 657 g/mol. The Balaban J connectivity index is 1.37. The molecular formula is C35H27Cl2N3O4S. The minimum absolute atomic E-state index is 0.251. The molecule has 0 saturated heterocycles. The number of fused-ring (bicyclic) bond motifs is 1. The summed E-state index contributed by atoms with van der Waals surface area (Å²) in [6.07, 6.45) is 1.81. The number of para-hydroxylation sites is 1. The molecule has 6 rings (SSSR count). The molecule has 7 nitrogen and oxygen atoms in total. The second-order valence-corrected chi connectivity index (χ2v) is 12.1. The number of aromatic nitrogens is 1. The summed E-state index contributed by atoms with van der Waals surface area (Å²) in [5, 5.41) is 3.92. The summed E-state index contributed by atoms with van der Waals surface area (Å²) in [5.74, 6) is 0.974. The average Bonchev–Trinajstić information content (AvgIpc) is 3.35. The molecule has 0 aliphatic carbocycles. The van der Waals surface area contributed by atoms with Crippen molar-refractivity contribution in [2.45, 2.75) is 19.6 Å². The van der Waals surface area contributed by atoms with E-state index in [0.717, 1.165) is 16.7 Å². The summed E-state index contributed by atoms with van der Waals surface area (Å²) in [5.41, 5.74) is 3.74. The van der Waals surface area contributed by atoms with Crippen LogP contribution in [0.15, 0.2) is 118 Å². The number of methoxy groups -OCH3 is 1. The van der Waals surface area contributed by atoms with Crippen LogP contribution in [0.2, 0.25) is 10.0 Å². The Morgan fingerprint density at radius 2 is 1.73 bits per heavy atom. The lowest BCUT2D eigenvalue weighted by Crippen LogP contribution is -2.40. The third-order valence-electron chi connectivity index (χ3n) is 7.27. The van der Waals surface area contributed by atoms with Crippen molar-refractivity contribution in [1.82, 2.24) is 4.57 Å². The van der Waals surface area contributed by atoms with Crippen LogP contribution in [0, 0.1) is 0 Å². The largest absolute Gasteiger partial charge is 0.497 e. The van der Waals surface area contributed by atoms with E-state index in [1.165, 1.54) is 11.3 Å². The van der Waals surface area contributed by atoms with Gasteiger partial charge in [-0.3, -0.25) is 14.2 Å². The minimum Gasteiger partial charge on any atom is -0.497 e. The van der Waals surface area contributed by atoms with Gasteiger partial charge in [0.15, 0.2) is 4.80 Å². The lowest BCUT2D eigenvalue weighted by Gasteiger charge is -2.25. The van der Waals surface area contributed by atoms with Crippen LogP contribution >= 0.6 is 34.5 Å². The number of carbonyl (C=O) groups excluding carboxylic acids is 1. The Hall–Kier alpha value is -4.63. The van der Waals surface area contributed by atoms with Crippen molar-refractivity contribution >= 4 is 52.2 Å². The fourth-order valence-corrected chi connectivity index (χ4v) is 6.44. The van der Waals surface area contributed by atoms with Crippen molar-refractivity contribution in [2.75, 3.05) is 12.4 Å². The molecule has 0 unspecified atom stereocenters. The van der Waals surface area contributed by atoms with E-state index in [1.807, 2.05) is 91.0 Å². The zero-order valence-corrected chi connectivity index (χ0v) is 26.6. The van der Waals surface area contributed by atoms with Gasteiger partial charge in [-0.05, 0) is 78.2 Å². The van der Waals surface area contributed by atoms with Crippen molar-refractivity contribution < 1.29 is 14.3 Å². The van der Waals surface area contributed by atoms with E-state index in [1.54, 1.807) is 30.7 Å². The van der Waals surface area contributed by atoms with Gasteiger partial charge in [0.25, 0.3) is 11.5 Å². The van der Waals surface area contributed by atoms with Crippen LogP contribution in [0.1, 0.15) is 29.7 Å². The van der Waals surface area contributed by atoms with Gasteiger partial charge in [-0.25, -0.2) is 4.99 Å². The second kappa shape index (κ2) is 13.2. The quantitative estimate of drug-likeness (QED) is 0.200. The third-order valence-corrected chi connectivity index (χ3v) is 9.00. The summed E-state index contributed by atoms with van der Waals surface area (Å²) in [7, 11) is 1.59. The molecule has 0 saturated carbocycles. The topological polar surface area (TPSA) is 81.9 Å². The molecular weight excluding hydrogens is 629 g/mol. The second-order valence-electron chi connectivity index (χ2n) is 10.3. The van der Waals surface area contributed by atoms with E-state index in [-0.39, 0.29) is 11.5 Å². The molecule has 1 aromatic heterocycles. The molecule has 45 heavy (non-hydrogen) atoms. The zero-order valence-electron chi connectivity index (χ0n) is 24.3. The Morgan fingerprint density at radius 3 is 2.47 bits per heavy atom. The minimum atomic E-state index is -0.695. The SMILES string of the molecule is COc1ccc([C@H]2C(C(=O)Nc3ccccc3)=C(C)N=c3s/c(=C/c4cccc(OCc5ccc(Cl)c(Cl)c5)c4)c(=O)n32)cc1. The number of hydrogen-bond acceptors (Lipinski definition) is 6. The molecule has 0 spiro atoms. The number of amides is 1. The Bertz CT molecular complexity index is 2110. The summed E-state index contributed by atoms with van der Waals surface area (Å²) in [6, 6.07) is 28.7. The fourth-order valence-electron chi connectivity index (χ4n) is 5.07. The molecule has 226 valence electrons. The normalized spacial score (nSPS) is 14.5. The number of nitrogens with zero attached hydrogens (tertiary/aromatic N) is 2. The molecule has 0 fully saturated rings. The lowest BCUT2D eigenvalue weighted by atomic mass is 9.95. The summed E-state index contributed by atoms with van der Waals surface area (Å²) >= 11 is 13.4. The first kappa shape index (κ1) is 30.4. The highest BCUT2D eigenvalue weighted by atomic mass is 35.5. The van der Waals surface area contributed by atoms with Gasteiger partial charge in [0, 0.05) is 5.69 Å². The van der Waals surface area contributed by atoms with Gasteiger partial charge in [0.1, 0.15) is 18.1 Å². The molecule has 0 bridgehead atoms. The number of hydrogen-bond donors (Lipinski definition) is 1. The van der Waals surface area contributed by atoms with E-state index in [4.69, 9.17) is 37.7 Å². The Kier molecular flexibility index (Phi) is 8.89. The monoisotopic (exact) mass is 655 g/mol. The number of ether oxygens (including phenoxy) is 2. The molecule has 1 aliphatic heterocycles. The first-order valence-corrected chi connectivity index (χ1v) is 15.6. The molecule has 1 atom stereocenters. The molecule has 1 aliphatic rings. The van der Waals surface area contributed by atoms with Crippen molar-refractivity contribution in [2.24, 2.45) is 4.99 Å². The van der Waals surface area contributed by atoms with Gasteiger partial charge in [-0.15, -0.1) is 0 Å². The van der Waals surface area contributed by atoms with E-state index >= 15 is 0 Å². The van der Waals surface area contributed by atoms with Crippen LogP contribution in [-0.2, 0) is 11.4 Å². The number of rotatable bonds is 8. The highest BCUT2D eigenvalue weighted by Gasteiger charge is 2.32. The molecule has 5 aromatic rings. The standard InChI is InChI=1S/C35H27Cl2N3O4S/c1-21-31(33(41)39-25-8-4-3-5-9-25)32(24-12-14-26(43-2)15-13-24)40-34(42)30(45-35(40)38-21)19-22-7-6-10-27(17-22)44-20-23-11-16-28(36)29(37)18-23/h3-19,32H,20H2,1-2H3,(H,39,41)/b30-19+/t32-/m0/s1. The zero-order chi connectivity index (χ0) is 31.5. The molecule has 1 amide bonds. The molecule has 1 N–H and O–H groups in total. The van der Waals surface area contributed by atoms with Crippen molar-refractivity contribution in [3.05, 3.63) is 155 Å². The maximum absolute atomic E-state index is 14.1. The van der Waals surface area contributed by atoms with E-state index in [2.05, 4.69) is 5.32 Å². The van der Waals surface area contributed by atoms with Crippen LogP contribution in [0.3, 0.4) is 0 Å². The number of carbonyl (C=O) groups is 1. The number of thiazole rings is 1. The fraction of sp³-hybridized carbons (Fsp3) is 0.114. The summed E-state index contributed by atoms with van der Waals surface area (Å²) < 4.78 is 13.4. The van der Waals surface area contributed by atoms with Crippen molar-refractivity contribution in [1.29, 1.82) is 0 Å². The Labute approximate surface area is 273 Å². The predicted octanol–water partition coefficient (Wildman–Crippen LogP) is 6.77. The number of anilines is 1. The number of benzene rings is 4. The summed E-state index contributed by atoms with van der Waals surface area (Å²) in [6.45, 7) is 2.10. The van der Waals surface area contributed by atoms with Crippen LogP contribution in [0.25, 0.3) is 6.08 Å². The predicted molar refractivity (Wildman–Crippen MR) is 179 cm³/mol. The maximum Gasteiger partial charge on any atom is 0.271 e. The lowest BCUT2D eigenvalue weighted by molar-refractivity contribution is -0.113. The first-order chi connectivity index (χ1) is 21.8. The van der Waals surface area contributed by atoms with Crippen molar-refractivity contribution in [3.8, 4) is 11.5 Å². The smallest absolute Gasteiger partial charge is 0.271 e. The molecule has 4 aromatic carbocycles. The third kappa shape index (κ3) is 6.59. The van der Waals surface area contributed by atoms with Gasteiger partial charge in [0.2, 0.25) is 0 Å². The van der Waals surface area contributed by atoms with E-state index in [9.17, 15) is 9.59 Å². The first-order valence-electron chi connectivity index (χ1n) is 14.0. The van der Waals surface area contributed by atoms with Gasteiger partial charge in [0.05, 0.1) is 39.0 Å². The van der Waals surface area contributed by atoms with Crippen molar-refractivity contribution in [3.63, 3.8) is 0 Å². The molecule has 2 heterocycles. The summed E-state index contributed by atoms with van der Waals surface area (Å²) in [4.78, 5) is 33.0. The molecule has 0 radical (unpaired) electrons.